The Labute approximate surface area is 183 Å². The third kappa shape index (κ3) is 3.05. The van der Waals surface area contributed by atoms with Gasteiger partial charge in [0.05, 0.1) is 0 Å². The Kier molecular flexibility index (Phi) is 4.68. The topological polar surface area (TPSA) is 54.5 Å². The van der Waals surface area contributed by atoms with E-state index in [2.05, 4.69) is 0 Å². The molecule has 5 rings (SSSR count). The van der Waals surface area contributed by atoms with Crippen molar-refractivity contribution in [1.29, 1.82) is 0 Å². The normalized spacial score (nSPS) is 15.4. The Balaban J connectivity index is 1.62. The van der Waals surface area contributed by atoms with E-state index in [1.807, 2.05) is 91.0 Å². The number of carbonyl (C=O) groups is 3. The molecule has 0 aromatic heterocycles. The van der Waals surface area contributed by atoms with Crippen LogP contribution in [0, 0.1) is 0 Å². The number of rotatable bonds is 3. The molecule has 5 heteroatoms. The van der Waals surface area contributed by atoms with Gasteiger partial charge in [0.15, 0.2) is 4.75 Å². The predicted octanol–water partition coefficient (Wildman–Crippen LogP) is 5.62. The lowest BCUT2D eigenvalue weighted by molar-refractivity contribution is -0.126. The fraction of sp³-hybridized carbons (Fsp3) is 0.0385. The molecule has 4 aromatic rings. The van der Waals surface area contributed by atoms with Crippen LogP contribution in [0.5, 0.6) is 0 Å². The minimum absolute atomic E-state index is 0.304. The van der Waals surface area contributed by atoms with Crippen molar-refractivity contribution in [1.82, 2.24) is 4.90 Å². The first-order valence-electron chi connectivity index (χ1n) is 9.83. The van der Waals surface area contributed by atoms with Crippen molar-refractivity contribution in [2.75, 3.05) is 0 Å². The van der Waals surface area contributed by atoms with E-state index in [-0.39, 0.29) is 0 Å². The van der Waals surface area contributed by atoms with Crippen molar-refractivity contribution in [3.8, 4) is 0 Å². The van der Waals surface area contributed by atoms with Gasteiger partial charge in [-0.3, -0.25) is 14.4 Å². The molecule has 0 aliphatic carbocycles. The molecule has 0 radical (unpaired) electrons. The van der Waals surface area contributed by atoms with Gasteiger partial charge in [-0.2, -0.15) is 0 Å². The largest absolute Gasteiger partial charge is 0.297 e. The highest BCUT2D eigenvalue weighted by Crippen LogP contribution is 2.50. The van der Waals surface area contributed by atoms with Crippen LogP contribution in [0.2, 0.25) is 0 Å². The lowest BCUT2D eigenvalue weighted by Gasteiger charge is -2.26. The minimum atomic E-state index is -1.30. The van der Waals surface area contributed by atoms with Crippen LogP contribution in [0.1, 0.15) is 21.5 Å². The average molecular weight is 423 g/mol. The maximum Gasteiger partial charge on any atom is 0.297 e. The van der Waals surface area contributed by atoms with E-state index in [1.54, 1.807) is 12.1 Å². The van der Waals surface area contributed by atoms with Crippen LogP contribution in [0.25, 0.3) is 10.8 Å². The second kappa shape index (κ2) is 7.52. The molecule has 3 amide bonds. The van der Waals surface area contributed by atoms with Gasteiger partial charge in [-0.05, 0) is 45.8 Å². The summed E-state index contributed by atoms with van der Waals surface area (Å²) in [6.45, 7) is 0. The quantitative estimate of drug-likeness (QED) is 0.402. The van der Waals surface area contributed by atoms with Gasteiger partial charge in [0.2, 0.25) is 0 Å². The Morgan fingerprint density at radius 3 is 1.84 bits per heavy atom. The maximum atomic E-state index is 13.8. The summed E-state index contributed by atoms with van der Waals surface area (Å²) in [6.07, 6.45) is 0. The van der Waals surface area contributed by atoms with Crippen molar-refractivity contribution in [3.05, 3.63) is 120 Å². The van der Waals surface area contributed by atoms with Crippen molar-refractivity contribution >= 4 is 39.6 Å². The number of amides is 3. The van der Waals surface area contributed by atoms with Crippen LogP contribution >= 0.6 is 11.8 Å². The molecule has 0 unspecified atom stereocenters. The minimum Gasteiger partial charge on any atom is -0.271 e. The molecule has 1 heterocycles. The summed E-state index contributed by atoms with van der Waals surface area (Å²) in [5, 5.41) is 1.28. The SMILES string of the molecule is O=C1SC(c2ccccc2)(c2ccccc2)C(=O)N1C(=O)c1ccc2ccccc2c1. The molecule has 0 bridgehead atoms. The van der Waals surface area contributed by atoms with E-state index in [0.29, 0.717) is 16.7 Å². The standard InChI is InChI=1S/C26H17NO3S/c28-23(20-16-15-18-9-7-8-10-19(18)17-20)27-24(29)26(31-25(27)30,21-11-3-1-4-12-21)22-13-5-2-6-14-22/h1-17H. The van der Waals surface area contributed by atoms with Crippen molar-refractivity contribution in [2.45, 2.75) is 4.75 Å². The molecular formula is C26H17NO3S. The first-order valence-corrected chi connectivity index (χ1v) is 10.6. The van der Waals surface area contributed by atoms with E-state index in [1.165, 1.54) is 0 Å². The Morgan fingerprint density at radius 1 is 0.677 bits per heavy atom. The first-order chi connectivity index (χ1) is 15.1. The van der Waals surface area contributed by atoms with E-state index in [9.17, 15) is 14.4 Å². The number of benzene rings is 4. The zero-order valence-corrected chi connectivity index (χ0v) is 17.2. The van der Waals surface area contributed by atoms with Gasteiger partial charge >= 0.3 is 0 Å². The van der Waals surface area contributed by atoms with Crippen LogP contribution in [-0.2, 0) is 9.54 Å². The molecule has 1 aliphatic heterocycles. The van der Waals surface area contributed by atoms with Crippen LogP contribution in [0.4, 0.5) is 4.79 Å². The summed E-state index contributed by atoms with van der Waals surface area (Å²) in [6, 6.07) is 31.1. The lowest BCUT2D eigenvalue weighted by Crippen LogP contribution is -2.42. The monoisotopic (exact) mass is 423 g/mol. The fourth-order valence-corrected chi connectivity index (χ4v) is 5.17. The van der Waals surface area contributed by atoms with Gasteiger partial charge in [-0.15, -0.1) is 0 Å². The molecule has 4 nitrogen and oxygen atoms in total. The molecule has 1 aliphatic rings. The van der Waals surface area contributed by atoms with Crippen LogP contribution in [-0.4, -0.2) is 22.0 Å². The van der Waals surface area contributed by atoms with Gasteiger partial charge in [0.1, 0.15) is 0 Å². The van der Waals surface area contributed by atoms with Gasteiger partial charge < -0.3 is 0 Å². The van der Waals surface area contributed by atoms with E-state index >= 15 is 0 Å². The molecule has 1 saturated heterocycles. The Morgan fingerprint density at radius 2 is 1.23 bits per heavy atom. The van der Waals surface area contributed by atoms with E-state index < -0.39 is 21.8 Å². The third-order valence-electron chi connectivity index (χ3n) is 5.49. The second-order valence-electron chi connectivity index (χ2n) is 7.29. The number of fused-ring (bicyclic) bond motifs is 1. The van der Waals surface area contributed by atoms with E-state index in [4.69, 9.17) is 0 Å². The summed E-state index contributed by atoms with van der Waals surface area (Å²) in [5.74, 6) is -1.15. The number of imide groups is 3. The molecule has 4 aromatic carbocycles. The highest BCUT2D eigenvalue weighted by atomic mass is 32.2. The van der Waals surface area contributed by atoms with Gasteiger partial charge in [-0.25, -0.2) is 4.90 Å². The summed E-state index contributed by atoms with van der Waals surface area (Å²) in [4.78, 5) is 41.0. The first kappa shape index (κ1) is 19.3. The van der Waals surface area contributed by atoms with Crippen LogP contribution < -0.4 is 0 Å². The number of nitrogens with zero attached hydrogens (tertiary/aromatic N) is 1. The molecular weight excluding hydrogens is 406 g/mol. The van der Waals surface area contributed by atoms with Crippen molar-refractivity contribution in [2.24, 2.45) is 0 Å². The number of hydrogen-bond donors (Lipinski definition) is 0. The molecule has 31 heavy (non-hydrogen) atoms. The molecule has 0 saturated carbocycles. The zero-order valence-electron chi connectivity index (χ0n) is 16.4. The Hall–Kier alpha value is -3.70. The molecule has 0 spiro atoms. The van der Waals surface area contributed by atoms with Crippen molar-refractivity contribution < 1.29 is 14.4 Å². The zero-order chi connectivity index (χ0) is 21.4. The van der Waals surface area contributed by atoms with Crippen molar-refractivity contribution in [3.63, 3.8) is 0 Å². The summed E-state index contributed by atoms with van der Waals surface area (Å²) in [5.41, 5.74) is 1.63. The summed E-state index contributed by atoms with van der Waals surface area (Å²) in [7, 11) is 0. The molecule has 150 valence electrons. The third-order valence-corrected chi connectivity index (χ3v) is 6.80. The lowest BCUT2D eigenvalue weighted by atomic mass is 9.89. The van der Waals surface area contributed by atoms with Crippen LogP contribution in [0.15, 0.2) is 103 Å². The van der Waals surface area contributed by atoms with Gasteiger partial charge in [-0.1, -0.05) is 91.0 Å². The number of hydrogen-bond acceptors (Lipinski definition) is 4. The van der Waals surface area contributed by atoms with Gasteiger partial charge in [0.25, 0.3) is 17.1 Å². The predicted molar refractivity (Wildman–Crippen MR) is 122 cm³/mol. The molecule has 1 fully saturated rings. The second-order valence-corrected chi connectivity index (χ2v) is 8.45. The molecule has 0 N–H and O–H groups in total. The average Bonchev–Trinajstić information content (AvgIpc) is 3.10. The van der Waals surface area contributed by atoms with E-state index in [0.717, 1.165) is 27.4 Å². The molecule has 0 atom stereocenters. The Bertz CT molecular complexity index is 1280. The summed E-state index contributed by atoms with van der Waals surface area (Å²) < 4.78 is -1.30. The maximum absolute atomic E-state index is 13.8. The smallest absolute Gasteiger partial charge is 0.271 e. The highest BCUT2D eigenvalue weighted by Gasteiger charge is 2.57. The number of thioether (sulfide) groups is 1. The summed E-state index contributed by atoms with van der Waals surface area (Å²) >= 11 is 0.879. The highest BCUT2D eigenvalue weighted by molar-refractivity contribution is 8.15. The van der Waals surface area contributed by atoms with Gasteiger partial charge in [0, 0.05) is 5.56 Å². The number of carbonyl (C=O) groups excluding carboxylic acids is 3. The van der Waals surface area contributed by atoms with Crippen LogP contribution in [0.3, 0.4) is 0 Å². The fourth-order valence-electron chi connectivity index (χ4n) is 3.96.